The number of aryl methyl sites for hydroxylation is 2. The van der Waals surface area contributed by atoms with Crippen LogP contribution in [-0.2, 0) is 11.2 Å². The molecule has 0 aromatic carbocycles. The molecule has 4 nitrogen and oxygen atoms in total. The molecule has 0 aliphatic carbocycles. The van der Waals surface area contributed by atoms with E-state index in [4.69, 9.17) is 9.52 Å². The minimum Gasteiger partial charge on any atom is -0.481 e. The van der Waals surface area contributed by atoms with E-state index in [9.17, 15) is 4.79 Å². The summed E-state index contributed by atoms with van der Waals surface area (Å²) in [6, 6.07) is 1.91. The lowest BCUT2D eigenvalue weighted by Gasteiger charge is -1.91. The molecule has 2 aromatic heterocycles. The zero-order valence-electron chi connectivity index (χ0n) is 7.61. The number of aliphatic carboxylic acids is 1. The normalized spacial score (nSPS) is 10.9. The summed E-state index contributed by atoms with van der Waals surface area (Å²) in [7, 11) is 0. The molecule has 0 radical (unpaired) electrons. The average molecular weight is 211 g/mol. The van der Waals surface area contributed by atoms with Gasteiger partial charge in [0.15, 0.2) is 5.58 Å². The molecule has 2 aromatic rings. The molecule has 74 valence electrons. The Hall–Kier alpha value is -1.36. The van der Waals surface area contributed by atoms with E-state index in [-0.39, 0.29) is 6.42 Å². The summed E-state index contributed by atoms with van der Waals surface area (Å²) in [5.74, 6) is 0.0275. The molecule has 14 heavy (non-hydrogen) atoms. The lowest BCUT2D eigenvalue weighted by Crippen LogP contribution is -1.97. The van der Waals surface area contributed by atoms with Gasteiger partial charge in [-0.25, -0.2) is 0 Å². The molecule has 0 saturated heterocycles. The fourth-order valence-corrected chi connectivity index (χ4v) is 2.13. The third-order valence-corrected chi connectivity index (χ3v) is 2.72. The third-order valence-electron chi connectivity index (χ3n) is 1.91. The van der Waals surface area contributed by atoms with Crippen molar-refractivity contribution in [2.75, 3.05) is 0 Å². The van der Waals surface area contributed by atoms with Gasteiger partial charge in [-0.05, 0) is 24.5 Å². The highest BCUT2D eigenvalue weighted by atomic mass is 32.1. The fourth-order valence-electron chi connectivity index (χ4n) is 1.29. The molecule has 0 atom stereocenters. The lowest BCUT2D eigenvalue weighted by molar-refractivity contribution is -0.136. The average Bonchev–Trinajstić information content (AvgIpc) is 2.60. The summed E-state index contributed by atoms with van der Waals surface area (Å²) in [6.07, 6.45) is 0.529. The van der Waals surface area contributed by atoms with Crippen molar-refractivity contribution < 1.29 is 14.3 Å². The van der Waals surface area contributed by atoms with Gasteiger partial charge < -0.3 is 9.52 Å². The smallest absolute Gasteiger partial charge is 0.303 e. The van der Waals surface area contributed by atoms with Crippen LogP contribution < -0.4 is 0 Å². The molecule has 0 spiro atoms. The van der Waals surface area contributed by atoms with Crippen molar-refractivity contribution in [2.24, 2.45) is 0 Å². The van der Waals surface area contributed by atoms with Crippen molar-refractivity contribution in [2.45, 2.75) is 19.8 Å². The Morgan fingerprint density at radius 1 is 1.71 bits per heavy atom. The van der Waals surface area contributed by atoms with E-state index < -0.39 is 5.97 Å². The van der Waals surface area contributed by atoms with E-state index >= 15 is 0 Å². The number of nitrogens with zero attached hydrogens (tertiary/aromatic N) is 1. The number of fused-ring (bicyclic) bond motifs is 1. The minimum atomic E-state index is -0.811. The second-order valence-corrected chi connectivity index (χ2v) is 3.88. The van der Waals surface area contributed by atoms with Crippen molar-refractivity contribution in [3.8, 4) is 0 Å². The fraction of sp³-hybridized carbons (Fsp3) is 0.333. The second kappa shape index (κ2) is 3.42. The zero-order valence-corrected chi connectivity index (χ0v) is 8.43. The highest BCUT2D eigenvalue weighted by Gasteiger charge is 2.11. The minimum absolute atomic E-state index is 0.0958. The van der Waals surface area contributed by atoms with Gasteiger partial charge in [0.2, 0.25) is 0 Å². The number of furan rings is 1. The molecule has 0 saturated carbocycles. The Morgan fingerprint density at radius 2 is 2.50 bits per heavy atom. The van der Waals surface area contributed by atoms with Crippen LogP contribution in [0.3, 0.4) is 0 Å². The van der Waals surface area contributed by atoms with Crippen LogP contribution in [-0.4, -0.2) is 15.4 Å². The van der Waals surface area contributed by atoms with Crippen molar-refractivity contribution in [1.29, 1.82) is 0 Å². The predicted octanol–water partition coefficient (Wildman–Crippen LogP) is 2.21. The van der Waals surface area contributed by atoms with Crippen LogP contribution in [0.25, 0.3) is 10.3 Å². The van der Waals surface area contributed by atoms with Gasteiger partial charge in [0.1, 0.15) is 5.76 Å². The summed E-state index contributed by atoms with van der Waals surface area (Å²) in [6.45, 7) is 1.87. The Labute approximate surface area is 84.3 Å². The van der Waals surface area contributed by atoms with Crippen LogP contribution >= 0.6 is 11.5 Å². The van der Waals surface area contributed by atoms with Gasteiger partial charge in [0.05, 0.1) is 16.8 Å². The quantitative estimate of drug-likeness (QED) is 0.845. The highest BCUT2D eigenvalue weighted by molar-refractivity contribution is 7.13. The number of hydrogen-bond donors (Lipinski definition) is 1. The van der Waals surface area contributed by atoms with E-state index in [0.717, 1.165) is 21.7 Å². The first-order valence-electron chi connectivity index (χ1n) is 4.23. The molecule has 1 N–H and O–H groups in total. The number of aromatic nitrogens is 1. The molecule has 0 aliphatic rings. The van der Waals surface area contributed by atoms with Crippen LogP contribution in [0.15, 0.2) is 10.5 Å². The van der Waals surface area contributed by atoms with Gasteiger partial charge in [-0.3, -0.25) is 4.79 Å². The first kappa shape index (κ1) is 9.21. The largest absolute Gasteiger partial charge is 0.481 e. The number of carboxylic acids is 1. The molecule has 5 heteroatoms. The molecular formula is C9H9NO3S. The van der Waals surface area contributed by atoms with E-state index in [2.05, 4.69) is 4.37 Å². The first-order valence-corrected chi connectivity index (χ1v) is 5.00. The number of hydrogen-bond acceptors (Lipinski definition) is 4. The first-order chi connectivity index (χ1) is 6.66. The predicted molar refractivity (Wildman–Crippen MR) is 52.6 cm³/mol. The molecule has 0 amide bonds. The van der Waals surface area contributed by atoms with Crippen molar-refractivity contribution in [3.63, 3.8) is 0 Å². The Kier molecular flexibility index (Phi) is 2.25. The molecule has 0 unspecified atom stereocenters. The van der Waals surface area contributed by atoms with Gasteiger partial charge in [-0.2, -0.15) is 4.37 Å². The number of carboxylic acid groups (broad SMARTS) is 1. The summed E-state index contributed by atoms with van der Waals surface area (Å²) in [5, 5.41) is 8.53. The SMILES string of the molecule is Cc1cc2snc(CCC(=O)O)c2o1. The van der Waals surface area contributed by atoms with E-state index in [1.54, 1.807) is 0 Å². The Balaban J connectivity index is 2.28. The lowest BCUT2D eigenvalue weighted by atomic mass is 10.2. The van der Waals surface area contributed by atoms with E-state index in [1.807, 2.05) is 13.0 Å². The number of carbonyl (C=O) groups is 1. The monoisotopic (exact) mass is 211 g/mol. The van der Waals surface area contributed by atoms with Crippen molar-refractivity contribution in [1.82, 2.24) is 4.37 Å². The van der Waals surface area contributed by atoms with Gasteiger partial charge in [0, 0.05) is 6.42 Å². The summed E-state index contributed by atoms with van der Waals surface area (Å²) in [4.78, 5) is 10.4. The number of rotatable bonds is 3. The summed E-state index contributed by atoms with van der Waals surface area (Å²) < 4.78 is 10.6. The maximum Gasteiger partial charge on any atom is 0.303 e. The van der Waals surface area contributed by atoms with Crippen LogP contribution in [0, 0.1) is 6.92 Å². The summed E-state index contributed by atoms with van der Waals surface area (Å²) in [5.41, 5.74) is 1.49. The summed E-state index contributed by atoms with van der Waals surface area (Å²) >= 11 is 1.35. The van der Waals surface area contributed by atoms with E-state index in [0.29, 0.717) is 6.42 Å². The molecular weight excluding hydrogens is 202 g/mol. The molecule has 0 fully saturated rings. The van der Waals surface area contributed by atoms with Crippen LogP contribution in [0.4, 0.5) is 0 Å². The third kappa shape index (κ3) is 1.63. The van der Waals surface area contributed by atoms with Gasteiger partial charge in [-0.15, -0.1) is 0 Å². The van der Waals surface area contributed by atoms with Crippen molar-refractivity contribution in [3.05, 3.63) is 17.5 Å². The van der Waals surface area contributed by atoms with Crippen molar-refractivity contribution >= 4 is 27.8 Å². The maximum atomic E-state index is 10.4. The van der Waals surface area contributed by atoms with E-state index in [1.165, 1.54) is 11.5 Å². The molecule has 2 rings (SSSR count). The molecule has 2 heterocycles. The topological polar surface area (TPSA) is 63.3 Å². The van der Waals surface area contributed by atoms with Crippen LogP contribution in [0.2, 0.25) is 0 Å². The standard InChI is InChI=1S/C9H9NO3S/c1-5-4-7-9(13-5)6(10-14-7)2-3-8(11)12/h4H,2-3H2,1H3,(H,11,12). The maximum absolute atomic E-state index is 10.4. The zero-order chi connectivity index (χ0) is 10.1. The molecule has 0 aliphatic heterocycles. The van der Waals surface area contributed by atoms with Crippen LogP contribution in [0.1, 0.15) is 17.9 Å². The van der Waals surface area contributed by atoms with Gasteiger partial charge >= 0.3 is 5.97 Å². The van der Waals surface area contributed by atoms with Crippen LogP contribution in [0.5, 0.6) is 0 Å². The molecule has 0 bridgehead atoms. The Bertz CT molecular complexity index is 471. The Morgan fingerprint density at radius 3 is 3.21 bits per heavy atom. The van der Waals surface area contributed by atoms with Gasteiger partial charge in [0.25, 0.3) is 0 Å². The van der Waals surface area contributed by atoms with Gasteiger partial charge in [-0.1, -0.05) is 0 Å². The highest BCUT2D eigenvalue weighted by Crippen LogP contribution is 2.26. The second-order valence-electron chi connectivity index (χ2n) is 3.07.